The number of likely N-dealkylation sites (tertiary alicyclic amines) is 2. The highest BCUT2D eigenvalue weighted by Crippen LogP contribution is 2.38. The maximum atomic E-state index is 14.6. The fraction of sp³-hybridized carbons (Fsp3) is 0.630. The number of ether oxygens (including phenoxy) is 1. The average Bonchev–Trinajstić information content (AvgIpc) is 2.82. The zero-order valence-corrected chi connectivity index (χ0v) is 23.2. The summed E-state index contributed by atoms with van der Waals surface area (Å²) in [5.74, 6) is 0.578. The molecule has 10 heteroatoms. The maximum Gasteiger partial charge on any atom is 0.229 e. The minimum absolute atomic E-state index is 0.0318. The van der Waals surface area contributed by atoms with Crippen molar-refractivity contribution in [2.75, 3.05) is 44.0 Å². The van der Waals surface area contributed by atoms with E-state index in [1.54, 1.807) is 6.07 Å². The van der Waals surface area contributed by atoms with Gasteiger partial charge in [-0.2, -0.15) is 4.98 Å². The van der Waals surface area contributed by atoms with Crippen molar-refractivity contribution in [3.05, 3.63) is 35.2 Å². The second kappa shape index (κ2) is 11.3. The Hall–Kier alpha value is -2.23. The smallest absolute Gasteiger partial charge is 0.229 e. The topological polar surface area (TPSA) is 65.6 Å². The van der Waals surface area contributed by atoms with Crippen LogP contribution in [0.25, 0.3) is 0 Å². The number of anilines is 3. The predicted molar refractivity (Wildman–Crippen MR) is 145 cm³/mol. The first-order valence-electron chi connectivity index (χ1n) is 13.0. The summed E-state index contributed by atoms with van der Waals surface area (Å²) in [6.45, 7) is 10.6. The Bertz CT molecular complexity index is 1060. The molecule has 2 N–H and O–H groups in total. The Kier molecular flexibility index (Phi) is 8.45. The Labute approximate surface area is 223 Å². The van der Waals surface area contributed by atoms with E-state index in [-0.39, 0.29) is 41.7 Å². The van der Waals surface area contributed by atoms with E-state index in [9.17, 15) is 8.78 Å². The summed E-state index contributed by atoms with van der Waals surface area (Å²) >= 11 is 6.50. The van der Waals surface area contributed by atoms with Gasteiger partial charge in [-0.25, -0.2) is 13.8 Å². The number of nitrogens with zero attached hydrogens (tertiary/aromatic N) is 4. The fourth-order valence-electron chi connectivity index (χ4n) is 5.55. The average molecular weight is 537 g/mol. The first kappa shape index (κ1) is 27.8. The molecule has 2 saturated heterocycles. The summed E-state index contributed by atoms with van der Waals surface area (Å²) in [5, 5.41) is 6.91. The molecule has 0 aliphatic carbocycles. The van der Waals surface area contributed by atoms with Gasteiger partial charge in [-0.1, -0.05) is 11.6 Å². The molecule has 2 aliphatic rings. The zero-order chi connectivity index (χ0) is 26.8. The van der Waals surface area contributed by atoms with Crippen molar-refractivity contribution in [2.45, 2.75) is 76.6 Å². The van der Waals surface area contributed by atoms with Crippen LogP contribution in [0, 0.1) is 5.82 Å². The Morgan fingerprint density at radius 3 is 2.43 bits per heavy atom. The molecular weight excluding hydrogens is 498 g/mol. The number of nitrogens with one attached hydrogen (secondary N) is 2. The minimum atomic E-state index is -0.487. The van der Waals surface area contributed by atoms with E-state index >= 15 is 0 Å². The third-order valence-electron chi connectivity index (χ3n) is 7.81. The molecule has 2 fully saturated rings. The van der Waals surface area contributed by atoms with Crippen LogP contribution in [0.3, 0.4) is 0 Å². The molecule has 0 radical (unpaired) electrons. The number of hydrogen-bond donors (Lipinski definition) is 2. The van der Waals surface area contributed by atoms with Crippen LogP contribution in [-0.2, 0) is 0 Å². The SMILES string of the molecule is CN1C(C)(C)CC(Nc2nc(Nc3ccc(OC4CCN(CCF)CC4)c(Cl)c3)ncc2F)CC1(C)C. The Morgan fingerprint density at radius 1 is 1.14 bits per heavy atom. The second-order valence-corrected chi connectivity index (χ2v) is 11.8. The summed E-state index contributed by atoms with van der Waals surface area (Å²) in [4.78, 5) is 13.0. The molecule has 0 bridgehead atoms. The van der Waals surface area contributed by atoms with E-state index < -0.39 is 5.82 Å². The van der Waals surface area contributed by atoms with Crippen LogP contribution in [0.2, 0.25) is 5.02 Å². The number of halogens is 3. The highest BCUT2D eigenvalue weighted by Gasteiger charge is 2.43. The molecule has 204 valence electrons. The molecule has 0 amide bonds. The minimum Gasteiger partial charge on any atom is -0.489 e. The lowest BCUT2D eigenvalue weighted by atomic mass is 9.77. The molecule has 4 rings (SSSR count). The molecule has 37 heavy (non-hydrogen) atoms. The molecule has 1 aromatic heterocycles. The highest BCUT2D eigenvalue weighted by molar-refractivity contribution is 6.32. The number of piperidine rings is 2. The summed E-state index contributed by atoms with van der Waals surface area (Å²) in [6.07, 6.45) is 4.63. The molecule has 2 aliphatic heterocycles. The van der Waals surface area contributed by atoms with Crippen molar-refractivity contribution < 1.29 is 13.5 Å². The van der Waals surface area contributed by atoms with E-state index in [1.807, 2.05) is 12.1 Å². The van der Waals surface area contributed by atoms with Gasteiger partial charge in [-0.15, -0.1) is 0 Å². The molecule has 7 nitrogen and oxygen atoms in total. The number of benzene rings is 1. The van der Waals surface area contributed by atoms with Crippen molar-refractivity contribution in [2.24, 2.45) is 0 Å². The predicted octanol–water partition coefficient (Wildman–Crippen LogP) is 5.89. The third-order valence-corrected chi connectivity index (χ3v) is 8.11. The molecule has 3 heterocycles. The van der Waals surface area contributed by atoms with Crippen LogP contribution >= 0.6 is 11.6 Å². The molecule has 2 aromatic rings. The van der Waals surface area contributed by atoms with Crippen LogP contribution in [0.5, 0.6) is 5.75 Å². The highest BCUT2D eigenvalue weighted by atomic mass is 35.5. The van der Waals surface area contributed by atoms with Gasteiger partial charge in [-0.3, -0.25) is 4.90 Å². The number of aromatic nitrogens is 2. The summed E-state index contributed by atoms with van der Waals surface area (Å²) in [5.41, 5.74) is 0.612. The summed E-state index contributed by atoms with van der Waals surface area (Å²) in [6, 6.07) is 5.47. The second-order valence-electron chi connectivity index (χ2n) is 11.4. The Balaban J connectivity index is 1.39. The number of hydrogen-bond acceptors (Lipinski definition) is 7. The van der Waals surface area contributed by atoms with Gasteiger partial charge in [0.05, 0.1) is 11.2 Å². The summed E-state index contributed by atoms with van der Waals surface area (Å²) < 4.78 is 33.3. The maximum absolute atomic E-state index is 14.6. The summed E-state index contributed by atoms with van der Waals surface area (Å²) in [7, 11) is 2.14. The van der Waals surface area contributed by atoms with Gasteiger partial charge in [0.25, 0.3) is 0 Å². The lowest BCUT2D eigenvalue weighted by molar-refractivity contribution is -0.00778. The standard InChI is InChI=1S/C27H39ClF2N6O/c1-26(2)15-19(16-27(3,4)35(26)5)32-24-22(30)17-31-25(34-24)33-18-6-7-23(21(28)14-18)37-20-8-11-36(12-9-20)13-10-29/h6-7,14,17,19-20H,8-13,15-16H2,1-5H3,(H2,31,32,33,34). The molecule has 1 aromatic carbocycles. The molecule has 0 atom stereocenters. The monoisotopic (exact) mass is 536 g/mol. The quantitative estimate of drug-likeness (QED) is 0.436. The molecule has 0 saturated carbocycles. The lowest BCUT2D eigenvalue weighted by Gasteiger charge is -2.53. The van der Waals surface area contributed by atoms with Gasteiger partial charge in [-0.05, 0) is 78.6 Å². The first-order chi connectivity index (χ1) is 17.5. The van der Waals surface area contributed by atoms with Crippen LogP contribution in [0.4, 0.5) is 26.2 Å². The van der Waals surface area contributed by atoms with Gasteiger partial charge < -0.3 is 20.3 Å². The third kappa shape index (κ3) is 6.81. The fourth-order valence-corrected chi connectivity index (χ4v) is 5.77. The van der Waals surface area contributed by atoms with E-state index in [2.05, 4.69) is 65.1 Å². The van der Waals surface area contributed by atoms with E-state index in [0.717, 1.165) is 38.8 Å². The number of rotatable bonds is 8. The van der Waals surface area contributed by atoms with E-state index in [1.165, 1.54) is 6.20 Å². The van der Waals surface area contributed by atoms with Crippen LogP contribution < -0.4 is 15.4 Å². The normalized spacial score (nSPS) is 21.1. The van der Waals surface area contributed by atoms with Gasteiger partial charge >= 0.3 is 0 Å². The van der Waals surface area contributed by atoms with Crippen molar-refractivity contribution in [3.8, 4) is 5.75 Å². The van der Waals surface area contributed by atoms with Crippen molar-refractivity contribution in [3.63, 3.8) is 0 Å². The largest absolute Gasteiger partial charge is 0.489 e. The van der Waals surface area contributed by atoms with E-state index in [4.69, 9.17) is 16.3 Å². The molecule has 0 spiro atoms. The van der Waals surface area contributed by atoms with Crippen molar-refractivity contribution in [1.82, 2.24) is 19.8 Å². The van der Waals surface area contributed by atoms with Crippen LogP contribution in [-0.4, -0.2) is 76.3 Å². The molecular formula is C27H39ClF2N6O. The van der Waals surface area contributed by atoms with E-state index in [0.29, 0.717) is 23.0 Å². The van der Waals surface area contributed by atoms with Gasteiger partial charge in [0, 0.05) is 42.4 Å². The zero-order valence-electron chi connectivity index (χ0n) is 22.5. The van der Waals surface area contributed by atoms with Crippen LogP contribution in [0.1, 0.15) is 53.4 Å². The van der Waals surface area contributed by atoms with Crippen molar-refractivity contribution in [1.29, 1.82) is 0 Å². The first-order valence-corrected chi connectivity index (χ1v) is 13.4. The lowest BCUT2D eigenvalue weighted by Crippen LogP contribution is -2.61. The van der Waals surface area contributed by atoms with Gasteiger partial charge in [0.1, 0.15) is 18.5 Å². The van der Waals surface area contributed by atoms with Gasteiger partial charge in [0.2, 0.25) is 5.95 Å². The van der Waals surface area contributed by atoms with Gasteiger partial charge in [0.15, 0.2) is 11.6 Å². The van der Waals surface area contributed by atoms with Crippen LogP contribution in [0.15, 0.2) is 24.4 Å². The van der Waals surface area contributed by atoms with Crippen molar-refractivity contribution >= 4 is 29.1 Å². The Morgan fingerprint density at radius 2 is 1.81 bits per heavy atom. The number of alkyl halides is 1. The molecule has 0 unspecified atom stereocenters.